The van der Waals surface area contributed by atoms with Crippen molar-refractivity contribution in [2.24, 2.45) is 0 Å². The molecule has 0 N–H and O–H groups in total. The number of hydrogen-bond donors (Lipinski definition) is 0. The molecule has 0 aromatic heterocycles. The van der Waals surface area contributed by atoms with Gasteiger partial charge in [0.1, 0.15) is 5.75 Å². The zero-order valence-electron chi connectivity index (χ0n) is 14.5. The summed E-state index contributed by atoms with van der Waals surface area (Å²) in [4.78, 5) is 16.9. The first kappa shape index (κ1) is 16.4. The van der Waals surface area contributed by atoms with Crippen molar-refractivity contribution in [3.8, 4) is 5.75 Å². The van der Waals surface area contributed by atoms with Crippen molar-refractivity contribution in [1.29, 1.82) is 0 Å². The first-order valence-corrected chi connectivity index (χ1v) is 8.45. The molecule has 0 saturated carbocycles. The number of carbonyl (C=O) groups is 1. The number of rotatable bonds is 4. The van der Waals surface area contributed by atoms with E-state index in [2.05, 4.69) is 24.8 Å². The van der Waals surface area contributed by atoms with Gasteiger partial charge in [-0.2, -0.15) is 0 Å². The molecule has 3 rings (SSSR count). The largest absolute Gasteiger partial charge is 0.484 e. The summed E-state index contributed by atoms with van der Waals surface area (Å²) >= 11 is 0. The van der Waals surface area contributed by atoms with Gasteiger partial charge in [-0.3, -0.25) is 4.79 Å². The third kappa shape index (κ3) is 3.23. The minimum absolute atomic E-state index is 0.00868. The Balaban J connectivity index is 1.76. The Labute approximate surface area is 143 Å². The maximum atomic E-state index is 12.7. The lowest BCUT2D eigenvalue weighted by Crippen LogP contribution is -2.50. The van der Waals surface area contributed by atoms with Crippen molar-refractivity contribution in [2.45, 2.75) is 26.8 Å². The van der Waals surface area contributed by atoms with E-state index < -0.39 is 0 Å². The summed E-state index contributed by atoms with van der Waals surface area (Å²) in [6, 6.07) is 16.1. The van der Waals surface area contributed by atoms with Gasteiger partial charge in [0.25, 0.3) is 5.91 Å². The number of amides is 1. The molecule has 1 amide bonds. The number of fused-ring (bicyclic) bond motifs is 1. The molecule has 1 atom stereocenters. The van der Waals surface area contributed by atoms with Crippen molar-refractivity contribution in [3.05, 3.63) is 54.1 Å². The second-order valence-corrected chi connectivity index (χ2v) is 6.23. The Kier molecular flexibility index (Phi) is 4.74. The second kappa shape index (κ2) is 6.95. The van der Waals surface area contributed by atoms with Gasteiger partial charge in [0.05, 0.1) is 11.4 Å². The maximum absolute atomic E-state index is 12.7. The molecule has 2 aromatic carbocycles. The molecular formula is C20H24N2O2. The van der Waals surface area contributed by atoms with Gasteiger partial charge in [0.15, 0.2) is 6.61 Å². The summed E-state index contributed by atoms with van der Waals surface area (Å²) < 4.78 is 5.67. The number of nitrogens with zero attached hydrogens (tertiary/aromatic N) is 2. The number of ether oxygens (including phenoxy) is 1. The summed E-state index contributed by atoms with van der Waals surface area (Å²) in [5.74, 6) is 0.716. The van der Waals surface area contributed by atoms with Gasteiger partial charge < -0.3 is 14.5 Å². The van der Waals surface area contributed by atoms with E-state index in [0.717, 1.165) is 23.7 Å². The predicted molar refractivity (Wildman–Crippen MR) is 98.0 cm³/mol. The number of aryl methyl sites for hydroxylation is 1. The lowest BCUT2D eigenvalue weighted by Gasteiger charge is -2.41. The molecule has 4 heteroatoms. The van der Waals surface area contributed by atoms with Crippen LogP contribution in [0.2, 0.25) is 0 Å². The monoisotopic (exact) mass is 324 g/mol. The average molecular weight is 324 g/mol. The van der Waals surface area contributed by atoms with Gasteiger partial charge in [0, 0.05) is 19.1 Å². The molecule has 1 aliphatic rings. The molecule has 0 aliphatic carbocycles. The molecule has 126 valence electrons. The van der Waals surface area contributed by atoms with Crippen molar-refractivity contribution in [3.63, 3.8) is 0 Å². The molecular weight excluding hydrogens is 300 g/mol. The molecule has 24 heavy (non-hydrogen) atoms. The van der Waals surface area contributed by atoms with Crippen LogP contribution in [0.25, 0.3) is 0 Å². The summed E-state index contributed by atoms with van der Waals surface area (Å²) in [5.41, 5.74) is 3.25. The molecule has 4 nitrogen and oxygen atoms in total. The van der Waals surface area contributed by atoms with Crippen LogP contribution in [-0.4, -0.2) is 31.6 Å². The molecule has 0 saturated heterocycles. The molecule has 0 radical (unpaired) electrons. The molecule has 1 heterocycles. The Morgan fingerprint density at radius 2 is 1.79 bits per heavy atom. The van der Waals surface area contributed by atoms with Gasteiger partial charge in [-0.15, -0.1) is 0 Å². The van der Waals surface area contributed by atoms with Gasteiger partial charge >= 0.3 is 0 Å². The highest BCUT2D eigenvalue weighted by molar-refractivity contribution is 5.99. The van der Waals surface area contributed by atoms with Crippen LogP contribution in [0.15, 0.2) is 48.5 Å². The molecule has 0 spiro atoms. The number of anilines is 2. The van der Waals surface area contributed by atoms with E-state index in [-0.39, 0.29) is 18.6 Å². The van der Waals surface area contributed by atoms with E-state index >= 15 is 0 Å². The Morgan fingerprint density at radius 3 is 2.46 bits per heavy atom. The van der Waals surface area contributed by atoms with Crippen LogP contribution in [0.4, 0.5) is 11.4 Å². The van der Waals surface area contributed by atoms with Crippen LogP contribution >= 0.6 is 0 Å². The van der Waals surface area contributed by atoms with Crippen LogP contribution in [0.3, 0.4) is 0 Å². The van der Waals surface area contributed by atoms with E-state index in [1.807, 2.05) is 54.3 Å². The Morgan fingerprint density at radius 1 is 1.12 bits per heavy atom. The fraction of sp³-hybridized carbons (Fsp3) is 0.350. The Bertz CT molecular complexity index is 712. The van der Waals surface area contributed by atoms with E-state index in [1.165, 1.54) is 5.56 Å². The third-order valence-electron chi connectivity index (χ3n) is 4.49. The topological polar surface area (TPSA) is 32.8 Å². The average Bonchev–Trinajstić information content (AvgIpc) is 2.60. The minimum atomic E-state index is -0.00868. The first-order chi connectivity index (χ1) is 11.6. The Hall–Kier alpha value is -2.49. The lowest BCUT2D eigenvalue weighted by molar-refractivity contribution is -0.120. The van der Waals surface area contributed by atoms with Crippen LogP contribution in [0.5, 0.6) is 5.75 Å². The highest BCUT2D eigenvalue weighted by Gasteiger charge is 2.30. The number of hydrogen-bond acceptors (Lipinski definition) is 3. The molecule has 2 aromatic rings. The molecule has 1 unspecified atom stereocenters. The number of para-hydroxylation sites is 2. The zero-order chi connectivity index (χ0) is 17.1. The number of carbonyl (C=O) groups excluding carboxylic acids is 1. The highest BCUT2D eigenvalue weighted by atomic mass is 16.5. The standard InChI is InChI=1S/C20H24N2O2/c1-4-21-16(3)13-22(19-8-6-5-7-18(19)21)20(23)14-24-17-11-9-15(2)10-12-17/h5-12,16H,4,13-14H2,1-3H3. The van der Waals surface area contributed by atoms with Gasteiger partial charge in [-0.1, -0.05) is 29.8 Å². The van der Waals surface area contributed by atoms with Crippen LogP contribution in [-0.2, 0) is 4.79 Å². The van der Waals surface area contributed by atoms with E-state index in [4.69, 9.17) is 4.74 Å². The highest BCUT2D eigenvalue weighted by Crippen LogP contribution is 2.35. The molecule has 0 fully saturated rings. The van der Waals surface area contributed by atoms with Crippen LogP contribution in [0.1, 0.15) is 19.4 Å². The molecule has 1 aliphatic heterocycles. The quantitative estimate of drug-likeness (QED) is 0.861. The SMILES string of the molecule is CCN1c2ccccc2N(C(=O)COc2ccc(C)cc2)CC1C. The van der Waals surface area contributed by atoms with E-state index in [1.54, 1.807) is 0 Å². The summed E-state index contributed by atoms with van der Waals surface area (Å²) in [7, 11) is 0. The number of benzene rings is 2. The van der Waals surface area contributed by atoms with Crippen molar-refractivity contribution in [1.82, 2.24) is 0 Å². The smallest absolute Gasteiger partial charge is 0.265 e. The minimum Gasteiger partial charge on any atom is -0.484 e. The fourth-order valence-electron chi connectivity index (χ4n) is 3.21. The summed E-state index contributed by atoms with van der Waals surface area (Å²) in [6.45, 7) is 7.99. The summed E-state index contributed by atoms with van der Waals surface area (Å²) in [6.07, 6.45) is 0. The molecule has 0 bridgehead atoms. The lowest BCUT2D eigenvalue weighted by atomic mass is 10.1. The van der Waals surface area contributed by atoms with Crippen LogP contribution in [0, 0.1) is 6.92 Å². The fourth-order valence-corrected chi connectivity index (χ4v) is 3.21. The summed E-state index contributed by atoms with van der Waals surface area (Å²) in [5, 5.41) is 0. The van der Waals surface area contributed by atoms with Crippen molar-refractivity contribution in [2.75, 3.05) is 29.5 Å². The normalized spacial score (nSPS) is 16.7. The first-order valence-electron chi connectivity index (χ1n) is 8.45. The van der Waals surface area contributed by atoms with Gasteiger partial charge in [-0.05, 0) is 45.0 Å². The van der Waals surface area contributed by atoms with E-state index in [9.17, 15) is 4.79 Å². The predicted octanol–water partition coefficient (Wildman–Crippen LogP) is 3.64. The number of likely N-dealkylation sites (N-methyl/N-ethyl adjacent to an activating group) is 1. The zero-order valence-corrected chi connectivity index (χ0v) is 14.5. The maximum Gasteiger partial charge on any atom is 0.265 e. The van der Waals surface area contributed by atoms with Gasteiger partial charge in [0.2, 0.25) is 0 Å². The van der Waals surface area contributed by atoms with Crippen molar-refractivity contribution >= 4 is 17.3 Å². The van der Waals surface area contributed by atoms with E-state index in [0.29, 0.717) is 6.54 Å². The van der Waals surface area contributed by atoms with Crippen LogP contribution < -0.4 is 14.5 Å². The van der Waals surface area contributed by atoms with Crippen molar-refractivity contribution < 1.29 is 9.53 Å². The second-order valence-electron chi connectivity index (χ2n) is 6.23. The van der Waals surface area contributed by atoms with Gasteiger partial charge in [-0.25, -0.2) is 0 Å². The third-order valence-corrected chi connectivity index (χ3v) is 4.49.